The minimum Gasteiger partial charge on any atom is -0.144 e. The minimum absolute atomic E-state index is 0.887. The maximum Gasteiger partial charge on any atom is 0.0374 e. The summed E-state index contributed by atoms with van der Waals surface area (Å²) in [5, 5.41) is 3.47. The van der Waals surface area contributed by atoms with Crippen molar-refractivity contribution in [1.82, 2.24) is 0 Å². The van der Waals surface area contributed by atoms with Gasteiger partial charge in [0.2, 0.25) is 0 Å². The summed E-state index contributed by atoms with van der Waals surface area (Å²) in [4.78, 5) is 0. The van der Waals surface area contributed by atoms with E-state index in [1.807, 2.05) is 0 Å². The summed E-state index contributed by atoms with van der Waals surface area (Å²) in [6.07, 6.45) is 0.887. The van der Waals surface area contributed by atoms with Gasteiger partial charge in [0.25, 0.3) is 0 Å². The Morgan fingerprint density at radius 2 is 2.18 bits per heavy atom. The molecule has 0 fully saturated rings. The standard InChI is InChI=1S/C10H9S/c1-2-8-4-3-5-9-6-7-11-10(8)9/h3-7H,1-2H2. The van der Waals surface area contributed by atoms with Crippen molar-refractivity contribution in [3.8, 4) is 0 Å². The Labute approximate surface area is 70.5 Å². The van der Waals surface area contributed by atoms with Crippen LogP contribution in [0.1, 0.15) is 5.56 Å². The molecule has 0 N–H and O–H groups in total. The second-order valence-corrected chi connectivity index (χ2v) is 3.42. The highest BCUT2D eigenvalue weighted by atomic mass is 32.1. The van der Waals surface area contributed by atoms with E-state index in [4.69, 9.17) is 0 Å². The Morgan fingerprint density at radius 3 is 3.00 bits per heavy atom. The highest BCUT2D eigenvalue weighted by molar-refractivity contribution is 7.17. The van der Waals surface area contributed by atoms with Gasteiger partial charge in [0, 0.05) is 4.70 Å². The van der Waals surface area contributed by atoms with E-state index in [1.165, 1.54) is 15.6 Å². The molecule has 0 bridgehead atoms. The van der Waals surface area contributed by atoms with Gasteiger partial charge >= 0.3 is 0 Å². The molecule has 0 aliphatic rings. The molecule has 0 unspecified atom stereocenters. The zero-order chi connectivity index (χ0) is 7.68. The third-order valence-electron chi connectivity index (χ3n) is 1.83. The lowest BCUT2D eigenvalue weighted by atomic mass is 10.1. The highest BCUT2D eigenvalue weighted by Crippen LogP contribution is 2.24. The molecule has 11 heavy (non-hydrogen) atoms. The van der Waals surface area contributed by atoms with Gasteiger partial charge in [0.05, 0.1) is 0 Å². The molecule has 0 aliphatic heterocycles. The van der Waals surface area contributed by atoms with Crippen molar-refractivity contribution in [1.29, 1.82) is 0 Å². The van der Waals surface area contributed by atoms with Crippen molar-refractivity contribution in [2.24, 2.45) is 0 Å². The molecule has 2 aromatic rings. The summed E-state index contributed by atoms with van der Waals surface area (Å²) in [6, 6.07) is 8.53. The minimum atomic E-state index is 0.887. The van der Waals surface area contributed by atoms with Crippen LogP contribution in [0.25, 0.3) is 10.1 Å². The molecule has 0 spiro atoms. The van der Waals surface area contributed by atoms with Gasteiger partial charge in [-0.3, -0.25) is 0 Å². The van der Waals surface area contributed by atoms with E-state index in [1.54, 1.807) is 11.3 Å². The SMILES string of the molecule is [CH2]Cc1cccc2ccsc12. The topological polar surface area (TPSA) is 0 Å². The van der Waals surface area contributed by atoms with Crippen LogP contribution in [-0.4, -0.2) is 0 Å². The van der Waals surface area contributed by atoms with E-state index < -0.39 is 0 Å². The third kappa shape index (κ3) is 1.05. The van der Waals surface area contributed by atoms with Gasteiger partial charge in [0.1, 0.15) is 0 Å². The number of rotatable bonds is 1. The monoisotopic (exact) mass is 161 g/mol. The lowest BCUT2D eigenvalue weighted by molar-refractivity contribution is 1.31. The van der Waals surface area contributed by atoms with Crippen molar-refractivity contribution >= 4 is 21.4 Å². The van der Waals surface area contributed by atoms with Crippen LogP contribution < -0.4 is 0 Å². The Balaban J connectivity index is 2.79. The van der Waals surface area contributed by atoms with Gasteiger partial charge in [-0.15, -0.1) is 11.3 Å². The smallest absolute Gasteiger partial charge is 0.0374 e. The van der Waals surface area contributed by atoms with Gasteiger partial charge in [-0.25, -0.2) is 0 Å². The molecule has 1 radical (unpaired) electrons. The predicted molar refractivity (Wildman–Crippen MR) is 50.9 cm³/mol. The predicted octanol–water partition coefficient (Wildman–Crippen LogP) is 3.28. The van der Waals surface area contributed by atoms with Crippen LogP contribution in [0.3, 0.4) is 0 Å². The molecule has 1 aromatic carbocycles. The van der Waals surface area contributed by atoms with Gasteiger partial charge < -0.3 is 0 Å². The van der Waals surface area contributed by atoms with E-state index in [2.05, 4.69) is 36.6 Å². The first-order chi connectivity index (χ1) is 5.42. The van der Waals surface area contributed by atoms with E-state index in [-0.39, 0.29) is 0 Å². The Morgan fingerprint density at radius 1 is 1.27 bits per heavy atom. The normalized spacial score (nSPS) is 10.6. The molecular formula is C10H9S. The largest absolute Gasteiger partial charge is 0.144 e. The first kappa shape index (κ1) is 6.86. The fourth-order valence-corrected chi connectivity index (χ4v) is 2.20. The molecule has 0 amide bonds. The van der Waals surface area contributed by atoms with Gasteiger partial charge in [0.15, 0.2) is 0 Å². The molecule has 1 heteroatoms. The van der Waals surface area contributed by atoms with Crippen molar-refractivity contribution in [2.75, 3.05) is 0 Å². The first-order valence-electron chi connectivity index (χ1n) is 3.66. The molecular weight excluding hydrogens is 152 g/mol. The second kappa shape index (κ2) is 2.67. The molecule has 0 aliphatic carbocycles. The van der Waals surface area contributed by atoms with Crippen LogP contribution in [0.15, 0.2) is 29.6 Å². The third-order valence-corrected chi connectivity index (χ3v) is 2.84. The quantitative estimate of drug-likeness (QED) is 0.602. The Kier molecular flexibility index (Phi) is 1.66. The summed E-state index contributed by atoms with van der Waals surface area (Å²) in [5.41, 5.74) is 1.36. The average molecular weight is 161 g/mol. The Hall–Kier alpha value is -0.820. The van der Waals surface area contributed by atoms with Gasteiger partial charge in [-0.2, -0.15) is 0 Å². The summed E-state index contributed by atoms with van der Waals surface area (Å²) < 4.78 is 1.39. The molecule has 1 aromatic heterocycles. The van der Waals surface area contributed by atoms with E-state index in [0.717, 1.165) is 6.42 Å². The number of hydrogen-bond donors (Lipinski definition) is 0. The van der Waals surface area contributed by atoms with Crippen molar-refractivity contribution in [3.05, 3.63) is 42.1 Å². The second-order valence-electron chi connectivity index (χ2n) is 2.51. The average Bonchev–Trinajstić information content (AvgIpc) is 2.50. The molecule has 0 saturated heterocycles. The molecule has 55 valence electrons. The lowest BCUT2D eigenvalue weighted by Crippen LogP contribution is -1.77. The van der Waals surface area contributed by atoms with E-state index in [0.29, 0.717) is 0 Å². The van der Waals surface area contributed by atoms with Crippen molar-refractivity contribution < 1.29 is 0 Å². The molecule has 0 saturated carbocycles. The zero-order valence-corrected chi connectivity index (χ0v) is 7.03. The summed E-state index contributed by atoms with van der Waals surface area (Å²) in [5.74, 6) is 0. The van der Waals surface area contributed by atoms with E-state index >= 15 is 0 Å². The molecule has 2 rings (SSSR count). The van der Waals surface area contributed by atoms with Crippen LogP contribution >= 0.6 is 11.3 Å². The molecule has 1 heterocycles. The van der Waals surface area contributed by atoms with Crippen LogP contribution in [0.2, 0.25) is 0 Å². The Bertz CT molecular complexity index is 360. The molecule has 0 nitrogen and oxygen atoms in total. The van der Waals surface area contributed by atoms with Crippen molar-refractivity contribution in [2.45, 2.75) is 6.42 Å². The van der Waals surface area contributed by atoms with E-state index in [9.17, 15) is 0 Å². The van der Waals surface area contributed by atoms with Crippen LogP contribution in [0.5, 0.6) is 0 Å². The lowest BCUT2D eigenvalue weighted by Gasteiger charge is -1.96. The summed E-state index contributed by atoms with van der Waals surface area (Å²) in [6.45, 7) is 3.89. The van der Waals surface area contributed by atoms with Gasteiger partial charge in [-0.1, -0.05) is 18.2 Å². The fraction of sp³-hybridized carbons (Fsp3) is 0.100. The zero-order valence-electron chi connectivity index (χ0n) is 6.21. The summed E-state index contributed by atoms with van der Waals surface area (Å²) >= 11 is 1.80. The number of thiophene rings is 1. The van der Waals surface area contributed by atoms with Gasteiger partial charge in [-0.05, 0) is 35.7 Å². The number of benzene rings is 1. The maximum absolute atomic E-state index is 3.89. The number of fused-ring (bicyclic) bond motifs is 1. The molecule has 0 atom stereocenters. The highest BCUT2D eigenvalue weighted by Gasteiger charge is 1.97. The van der Waals surface area contributed by atoms with Crippen molar-refractivity contribution in [3.63, 3.8) is 0 Å². The fourth-order valence-electron chi connectivity index (χ4n) is 1.25. The summed E-state index contributed by atoms with van der Waals surface area (Å²) in [7, 11) is 0. The van der Waals surface area contributed by atoms with Crippen LogP contribution in [0.4, 0.5) is 0 Å². The maximum atomic E-state index is 3.89. The first-order valence-corrected chi connectivity index (χ1v) is 4.54. The van der Waals surface area contributed by atoms with Crippen LogP contribution in [-0.2, 0) is 6.42 Å². The van der Waals surface area contributed by atoms with Crippen LogP contribution in [0, 0.1) is 6.92 Å². The number of hydrogen-bond acceptors (Lipinski definition) is 1.